The molecule has 0 N–H and O–H groups in total. The Morgan fingerprint density at radius 1 is 1.17 bits per heavy atom. The number of alkyl halides is 3. The number of benzene rings is 1. The van der Waals surface area contributed by atoms with Crippen molar-refractivity contribution in [2.45, 2.75) is 50.6 Å². The zero-order chi connectivity index (χ0) is 16.9. The molecule has 23 heavy (non-hydrogen) atoms. The third-order valence-corrected chi connectivity index (χ3v) is 4.90. The van der Waals surface area contributed by atoms with E-state index in [0.717, 1.165) is 36.8 Å². The molecule has 1 aliphatic rings. The van der Waals surface area contributed by atoms with Crippen molar-refractivity contribution in [2.24, 2.45) is 5.92 Å². The molecule has 0 aliphatic heterocycles. The molecule has 0 spiro atoms. The fraction of sp³-hybridized carbons (Fsp3) is 0.474. The summed E-state index contributed by atoms with van der Waals surface area (Å²) in [4.78, 5) is 0. The lowest BCUT2D eigenvalue weighted by Crippen LogP contribution is -2.13. The van der Waals surface area contributed by atoms with Gasteiger partial charge >= 0.3 is 6.18 Å². The molecule has 1 aliphatic carbocycles. The Morgan fingerprint density at radius 2 is 1.87 bits per heavy atom. The minimum atomic E-state index is -4.31. The molecular weight excluding hydrogens is 321 g/mol. The standard InChI is InChI=1S/C19H22ClF3/c1-2-3-4-14-5-7-15(8-6-14)17-10-9-16(18(20)13-17)11-12-19(21,22)23/h2,9-15H,1,3-8H2/b12-11-. The Hall–Kier alpha value is -1.22. The van der Waals surface area contributed by atoms with Crippen LogP contribution >= 0.6 is 11.6 Å². The van der Waals surface area contributed by atoms with E-state index in [1.54, 1.807) is 6.07 Å². The van der Waals surface area contributed by atoms with Crippen LogP contribution in [0.15, 0.2) is 36.9 Å². The van der Waals surface area contributed by atoms with Crippen molar-refractivity contribution >= 4 is 17.7 Å². The average Bonchev–Trinajstić information content (AvgIpc) is 2.51. The molecule has 0 aromatic heterocycles. The van der Waals surface area contributed by atoms with Gasteiger partial charge in [-0.1, -0.05) is 29.8 Å². The largest absolute Gasteiger partial charge is 0.409 e. The highest BCUT2D eigenvalue weighted by molar-refractivity contribution is 6.32. The summed E-state index contributed by atoms with van der Waals surface area (Å²) < 4.78 is 36.7. The smallest absolute Gasteiger partial charge is 0.167 e. The van der Waals surface area contributed by atoms with Crippen molar-refractivity contribution in [3.8, 4) is 0 Å². The van der Waals surface area contributed by atoms with E-state index in [0.29, 0.717) is 16.5 Å². The number of hydrogen-bond donors (Lipinski definition) is 0. The molecule has 0 unspecified atom stereocenters. The minimum Gasteiger partial charge on any atom is -0.167 e. The van der Waals surface area contributed by atoms with Crippen LogP contribution in [-0.4, -0.2) is 6.18 Å². The molecule has 0 bridgehead atoms. The Balaban J connectivity index is 1.98. The molecule has 0 heterocycles. The van der Waals surface area contributed by atoms with Gasteiger partial charge in [0.1, 0.15) is 0 Å². The van der Waals surface area contributed by atoms with E-state index < -0.39 is 6.18 Å². The second-order valence-corrected chi connectivity index (χ2v) is 6.65. The number of rotatable bonds is 5. The Kier molecular flexibility index (Phi) is 6.34. The summed E-state index contributed by atoms with van der Waals surface area (Å²) in [6, 6.07) is 5.42. The molecule has 0 saturated heterocycles. The monoisotopic (exact) mass is 342 g/mol. The highest BCUT2D eigenvalue weighted by Gasteiger charge is 2.23. The van der Waals surface area contributed by atoms with E-state index in [-0.39, 0.29) is 6.08 Å². The van der Waals surface area contributed by atoms with Crippen LogP contribution in [-0.2, 0) is 0 Å². The molecule has 1 aromatic carbocycles. The molecule has 0 radical (unpaired) electrons. The molecular formula is C19H22ClF3. The molecule has 4 heteroatoms. The van der Waals surface area contributed by atoms with Crippen LogP contribution in [0.5, 0.6) is 0 Å². The predicted molar refractivity (Wildman–Crippen MR) is 90.7 cm³/mol. The van der Waals surface area contributed by atoms with Crippen molar-refractivity contribution < 1.29 is 13.2 Å². The second kappa shape index (κ2) is 8.05. The van der Waals surface area contributed by atoms with Gasteiger partial charge in [-0.2, -0.15) is 13.2 Å². The van der Waals surface area contributed by atoms with Crippen LogP contribution in [0, 0.1) is 5.92 Å². The van der Waals surface area contributed by atoms with E-state index in [2.05, 4.69) is 6.58 Å². The Morgan fingerprint density at radius 3 is 2.43 bits per heavy atom. The third-order valence-electron chi connectivity index (χ3n) is 4.57. The summed E-state index contributed by atoms with van der Waals surface area (Å²) >= 11 is 6.14. The molecule has 1 aromatic rings. The molecule has 0 atom stereocenters. The van der Waals surface area contributed by atoms with E-state index in [4.69, 9.17) is 11.6 Å². The fourth-order valence-electron chi connectivity index (χ4n) is 3.25. The summed E-state index contributed by atoms with van der Waals surface area (Å²) in [6.45, 7) is 3.77. The number of hydrogen-bond acceptors (Lipinski definition) is 0. The summed E-state index contributed by atoms with van der Waals surface area (Å²) in [7, 11) is 0. The fourth-order valence-corrected chi connectivity index (χ4v) is 3.51. The maximum absolute atomic E-state index is 12.2. The maximum atomic E-state index is 12.2. The lowest BCUT2D eigenvalue weighted by Gasteiger charge is -2.28. The van der Waals surface area contributed by atoms with Gasteiger partial charge < -0.3 is 0 Å². The molecule has 1 saturated carbocycles. The van der Waals surface area contributed by atoms with Gasteiger partial charge in [0.05, 0.1) is 0 Å². The minimum absolute atomic E-state index is 0.221. The number of halogens is 4. The highest BCUT2D eigenvalue weighted by atomic mass is 35.5. The molecule has 1 fully saturated rings. The topological polar surface area (TPSA) is 0 Å². The van der Waals surface area contributed by atoms with Gasteiger partial charge in [0.2, 0.25) is 0 Å². The average molecular weight is 343 g/mol. The van der Waals surface area contributed by atoms with Gasteiger partial charge in [0.25, 0.3) is 0 Å². The van der Waals surface area contributed by atoms with Crippen LogP contribution in [0.2, 0.25) is 5.02 Å². The maximum Gasteiger partial charge on any atom is 0.409 e. The summed E-state index contributed by atoms with van der Waals surface area (Å²) in [5.41, 5.74) is 1.55. The third kappa shape index (κ3) is 5.72. The van der Waals surface area contributed by atoms with Crippen molar-refractivity contribution in [1.82, 2.24) is 0 Å². The summed E-state index contributed by atoms with van der Waals surface area (Å²) in [5, 5.41) is 0.386. The van der Waals surface area contributed by atoms with Gasteiger partial charge in [0, 0.05) is 11.1 Å². The van der Waals surface area contributed by atoms with Crippen molar-refractivity contribution in [3.05, 3.63) is 53.1 Å². The van der Waals surface area contributed by atoms with Crippen molar-refractivity contribution in [1.29, 1.82) is 0 Å². The first-order valence-corrected chi connectivity index (χ1v) is 8.43. The lowest BCUT2D eigenvalue weighted by molar-refractivity contribution is -0.0790. The molecule has 2 rings (SSSR count). The van der Waals surface area contributed by atoms with Crippen LogP contribution in [0.4, 0.5) is 13.2 Å². The van der Waals surface area contributed by atoms with E-state index in [1.165, 1.54) is 19.3 Å². The van der Waals surface area contributed by atoms with Gasteiger partial charge in [0.15, 0.2) is 0 Å². The summed E-state index contributed by atoms with van der Waals surface area (Å²) in [6.07, 6.45) is 5.82. The zero-order valence-electron chi connectivity index (χ0n) is 13.1. The molecule has 126 valence electrons. The van der Waals surface area contributed by atoms with Crippen molar-refractivity contribution in [3.63, 3.8) is 0 Å². The van der Waals surface area contributed by atoms with Crippen molar-refractivity contribution in [2.75, 3.05) is 0 Å². The summed E-state index contributed by atoms with van der Waals surface area (Å²) in [5.74, 6) is 1.24. The van der Waals surface area contributed by atoms with Crippen LogP contribution in [0.3, 0.4) is 0 Å². The van der Waals surface area contributed by atoms with Gasteiger partial charge in [-0.3, -0.25) is 0 Å². The number of allylic oxidation sites excluding steroid dienone is 2. The Labute approximate surface area is 141 Å². The van der Waals surface area contributed by atoms with Gasteiger partial charge in [-0.05, 0) is 73.6 Å². The normalized spacial score (nSPS) is 22.4. The Bertz CT molecular complexity index is 552. The van der Waals surface area contributed by atoms with Gasteiger partial charge in [-0.25, -0.2) is 0 Å². The van der Waals surface area contributed by atoms with Gasteiger partial charge in [-0.15, -0.1) is 6.58 Å². The SMILES string of the molecule is C=CCCC1CCC(c2ccc(/C=C\C(F)(F)F)c(Cl)c2)CC1. The zero-order valence-corrected chi connectivity index (χ0v) is 13.8. The van der Waals surface area contributed by atoms with Crippen LogP contribution in [0.1, 0.15) is 55.6 Å². The first-order chi connectivity index (χ1) is 10.9. The first-order valence-electron chi connectivity index (χ1n) is 8.05. The van der Waals surface area contributed by atoms with E-state index >= 15 is 0 Å². The van der Waals surface area contributed by atoms with Crippen LogP contribution < -0.4 is 0 Å². The molecule has 0 amide bonds. The predicted octanol–water partition coefficient (Wildman–Crippen LogP) is 7.16. The molecule has 0 nitrogen and oxygen atoms in total. The second-order valence-electron chi connectivity index (χ2n) is 6.24. The van der Waals surface area contributed by atoms with E-state index in [9.17, 15) is 13.2 Å². The first kappa shape index (κ1) is 18.1. The quantitative estimate of drug-likeness (QED) is 0.498. The van der Waals surface area contributed by atoms with Crippen LogP contribution in [0.25, 0.3) is 6.08 Å². The highest BCUT2D eigenvalue weighted by Crippen LogP contribution is 2.38. The lowest BCUT2D eigenvalue weighted by atomic mass is 9.77. The van der Waals surface area contributed by atoms with E-state index in [1.807, 2.05) is 18.2 Å².